The Bertz CT molecular complexity index is 264. The molecule has 2 aliphatic heterocycles. The van der Waals surface area contributed by atoms with Crippen molar-refractivity contribution in [1.82, 2.24) is 9.80 Å². The molecule has 0 aromatic rings. The monoisotopic (exact) mass is 280 g/mol. The molecule has 2 heterocycles. The molecule has 0 aromatic heterocycles. The molecule has 2 saturated heterocycles. The van der Waals surface area contributed by atoms with Crippen LogP contribution in [0.5, 0.6) is 0 Å². The molecule has 20 heavy (non-hydrogen) atoms. The van der Waals surface area contributed by atoms with Crippen LogP contribution in [0.25, 0.3) is 0 Å². The lowest BCUT2D eigenvalue weighted by Gasteiger charge is -2.47. The first kappa shape index (κ1) is 16.3. The van der Waals surface area contributed by atoms with Crippen LogP contribution < -0.4 is 0 Å². The minimum absolute atomic E-state index is 0.915. The maximum atomic E-state index is 2.89. The number of rotatable bonds is 7. The van der Waals surface area contributed by atoms with Crippen LogP contribution in [0, 0.1) is 5.92 Å². The summed E-state index contributed by atoms with van der Waals surface area (Å²) in [6.45, 7) is 5.13. The van der Waals surface area contributed by atoms with Crippen molar-refractivity contribution in [3.63, 3.8) is 0 Å². The van der Waals surface area contributed by atoms with Gasteiger partial charge in [0.25, 0.3) is 0 Å². The molecule has 2 fully saturated rings. The van der Waals surface area contributed by atoms with Crippen LogP contribution in [0.3, 0.4) is 0 Å². The molecular weight excluding hydrogens is 244 g/mol. The van der Waals surface area contributed by atoms with E-state index in [1.165, 1.54) is 77.3 Å². The molecule has 118 valence electrons. The predicted molar refractivity (Wildman–Crippen MR) is 88.2 cm³/mol. The summed E-state index contributed by atoms with van der Waals surface area (Å²) >= 11 is 0. The molecule has 0 radical (unpaired) electrons. The Hall–Kier alpha value is -0.0800. The molecule has 0 N–H and O–H groups in total. The molecule has 0 aliphatic carbocycles. The highest BCUT2D eigenvalue weighted by molar-refractivity contribution is 4.89. The van der Waals surface area contributed by atoms with Crippen molar-refractivity contribution >= 4 is 0 Å². The zero-order chi connectivity index (χ0) is 14.4. The van der Waals surface area contributed by atoms with Crippen LogP contribution in [0.1, 0.15) is 71.1 Å². The minimum atomic E-state index is 0.915. The van der Waals surface area contributed by atoms with Crippen molar-refractivity contribution in [2.45, 2.75) is 83.2 Å². The quantitative estimate of drug-likeness (QED) is 0.646. The summed E-state index contributed by atoms with van der Waals surface area (Å²) in [6.07, 6.45) is 14.5. The van der Waals surface area contributed by atoms with Gasteiger partial charge in [-0.1, -0.05) is 32.6 Å². The fourth-order valence-corrected chi connectivity index (χ4v) is 4.36. The third kappa shape index (κ3) is 5.04. The van der Waals surface area contributed by atoms with E-state index in [4.69, 9.17) is 0 Å². The summed E-state index contributed by atoms with van der Waals surface area (Å²) in [6, 6.07) is 1.85. The highest BCUT2D eigenvalue weighted by atomic mass is 15.2. The van der Waals surface area contributed by atoms with E-state index in [0.717, 1.165) is 18.0 Å². The predicted octanol–water partition coefficient (Wildman–Crippen LogP) is 4.15. The second kappa shape index (κ2) is 8.38. The fourth-order valence-electron chi connectivity index (χ4n) is 4.36. The lowest BCUT2D eigenvalue weighted by Crippen LogP contribution is -2.51. The van der Waals surface area contributed by atoms with Gasteiger partial charge in [-0.05, 0) is 71.6 Å². The molecule has 0 aromatic carbocycles. The zero-order valence-electron chi connectivity index (χ0n) is 14.1. The van der Waals surface area contributed by atoms with Crippen molar-refractivity contribution in [3.8, 4) is 0 Å². The molecule has 0 saturated carbocycles. The minimum Gasteiger partial charge on any atom is -0.309 e. The summed E-state index contributed by atoms with van der Waals surface area (Å²) < 4.78 is 0. The molecule has 0 spiro atoms. The van der Waals surface area contributed by atoms with Crippen molar-refractivity contribution in [3.05, 3.63) is 0 Å². The van der Waals surface area contributed by atoms with Crippen LogP contribution in [-0.4, -0.2) is 49.1 Å². The molecule has 2 aliphatic rings. The molecule has 2 nitrogen and oxygen atoms in total. The molecule has 2 rings (SSSR count). The summed E-state index contributed by atoms with van der Waals surface area (Å²) in [5.74, 6) is 0.966. The van der Waals surface area contributed by atoms with Gasteiger partial charge in [0.2, 0.25) is 0 Å². The van der Waals surface area contributed by atoms with Gasteiger partial charge in [-0.2, -0.15) is 0 Å². The van der Waals surface area contributed by atoms with E-state index in [1.54, 1.807) is 0 Å². The topological polar surface area (TPSA) is 6.48 Å². The normalized spacial score (nSPS) is 31.5. The standard InChI is InChI=1S/C18H36N2/c1-16-14-17(10-6-4-5-8-12-19(2)3)20-13-9-7-11-18(20)15-16/h16-18H,4-15H2,1-3H3. The summed E-state index contributed by atoms with van der Waals surface area (Å²) in [7, 11) is 4.36. The van der Waals surface area contributed by atoms with Gasteiger partial charge in [0, 0.05) is 12.1 Å². The van der Waals surface area contributed by atoms with E-state index in [-0.39, 0.29) is 0 Å². The Morgan fingerprint density at radius 3 is 2.60 bits per heavy atom. The van der Waals surface area contributed by atoms with Gasteiger partial charge < -0.3 is 4.90 Å². The number of fused-ring (bicyclic) bond motifs is 1. The molecule has 3 unspecified atom stereocenters. The second-order valence-corrected chi connectivity index (χ2v) is 7.62. The number of hydrogen-bond acceptors (Lipinski definition) is 2. The Morgan fingerprint density at radius 1 is 1.00 bits per heavy atom. The number of hydrogen-bond donors (Lipinski definition) is 0. The highest BCUT2D eigenvalue weighted by Gasteiger charge is 2.34. The van der Waals surface area contributed by atoms with E-state index in [9.17, 15) is 0 Å². The molecule has 2 heteroatoms. The van der Waals surface area contributed by atoms with Crippen LogP contribution >= 0.6 is 0 Å². The maximum absolute atomic E-state index is 2.89. The number of nitrogens with zero attached hydrogens (tertiary/aromatic N) is 2. The zero-order valence-corrected chi connectivity index (χ0v) is 14.1. The summed E-state index contributed by atoms with van der Waals surface area (Å²) in [5.41, 5.74) is 0. The average molecular weight is 280 g/mol. The van der Waals surface area contributed by atoms with E-state index in [2.05, 4.69) is 30.8 Å². The summed E-state index contributed by atoms with van der Waals surface area (Å²) in [4.78, 5) is 5.20. The van der Waals surface area contributed by atoms with Crippen molar-refractivity contribution in [2.75, 3.05) is 27.2 Å². The number of unbranched alkanes of at least 4 members (excludes halogenated alkanes) is 3. The Kier molecular flexibility index (Phi) is 6.83. The molecule has 0 bridgehead atoms. The van der Waals surface area contributed by atoms with E-state index in [1.807, 2.05) is 0 Å². The van der Waals surface area contributed by atoms with Crippen LogP contribution in [0.4, 0.5) is 0 Å². The molecular formula is C18H36N2. The average Bonchev–Trinajstić information content (AvgIpc) is 2.42. The van der Waals surface area contributed by atoms with Gasteiger partial charge in [-0.15, -0.1) is 0 Å². The highest BCUT2D eigenvalue weighted by Crippen LogP contribution is 2.35. The molecule has 0 amide bonds. The van der Waals surface area contributed by atoms with Gasteiger partial charge in [-0.3, -0.25) is 4.90 Å². The van der Waals surface area contributed by atoms with Gasteiger partial charge >= 0.3 is 0 Å². The van der Waals surface area contributed by atoms with Gasteiger partial charge in [-0.25, -0.2) is 0 Å². The number of piperidine rings is 2. The van der Waals surface area contributed by atoms with Crippen LogP contribution in [-0.2, 0) is 0 Å². The maximum Gasteiger partial charge on any atom is 0.0101 e. The lowest BCUT2D eigenvalue weighted by molar-refractivity contribution is 0.0246. The summed E-state index contributed by atoms with van der Waals surface area (Å²) in [5, 5.41) is 0. The van der Waals surface area contributed by atoms with Gasteiger partial charge in [0.05, 0.1) is 0 Å². The first-order valence-corrected chi connectivity index (χ1v) is 9.07. The van der Waals surface area contributed by atoms with E-state index >= 15 is 0 Å². The smallest absolute Gasteiger partial charge is 0.0101 e. The van der Waals surface area contributed by atoms with Crippen LogP contribution in [0.15, 0.2) is 0 Å². The molecule has 3 atom stereocenters. The second-order valence-electron chi connectivity index (χ2n) is 7.62. The Labute approximate surface area is 126 Å². The van der Waals surface area contributed by atoms with Crippen molar-refractivity contribution < 1.29 is 0 Å². The first-order chi connectivity index (χ1) is 9.66. The van der Waals surface area contributed by atoms with Crippen molar-refractivity contribution in [2.24, 2.45) is 5.92 Å². The largest absolute Gasteiger partial charge is 0.309 e. The SMILES string of the molecule is CC1CC(CCCCCCN(C)C)N2CCCCC2C1. The third-order valence-electron chi connectivity index (χ3n) is 5.38. The van der Waals surface area contributed by atoms with Crippen LogP contribution in [0.2, 0.25) is 0 Å². The Morgan fingerprint density at radius 2 is 1.80 bits per heavy atom. The van der Waals surface area contributed by atoms with Gasteiger partial charge in [0.1, 0.15) is 0 Å². The fraction of sp³-hybridized carbons (Fsp3) is 1.00. The Balaban J connectivity index is 1.65. The third-order valence-corrected chi connectivity index (χ3v) is 5.38. The van der Waals surface area contributed by atoms with Gasteiger partial charge in [0.15, 0.2) is 0 Å². The van der Waals surface area contributed by atoms with E-state index < -0.39 is 0 Å². The van der Waals surface area contributed by atoms with Crippen molar-refractivity contribution in [1.29, 1.82) is 0 Å². The van der Waals surface area contributed by atoms with E-state index in [0.29, 0.717) is 0 Å². The first-order valence-electron chi connectivity index (χ1n) is 9.07. The lowest BCUT2D eigenvalue weighted by atomic mass is 9.81.